The number of hydrogen-bond donors (Lipinski definition) is 0. The predicted molar refractivity (Wildman–Crippen MR) is 92.6 cm³/mol. The van der Waals surface area contributed by atoms with E-state index in [2.05, 4.69) is 15.9 Å². The number of nitro benzene ring substituents is 1. The fraction of sp³-hybridized carbons (Fsp3) is 0.250. The van der Waals surface area contributed by atoms with Crippen molar-refractivity contribution in [3.63, 3.8) is 0 Å². The van der Waals surface area contributed by atoms with E-state index in [9.17, 15) is 10.1 Å². The second kappa shape index (κ2) is 7.82. The highest BCUT2D eigenvalue weighted by molar-refractivity contribution is 9.10. The van der Waals surface area contributed by atoms with E-state index in [0.717, 1.165) is 0 Å². The molecule has 2 aromatic carbocycles. The van der Waals surface area contributed by atoms with Gasteiger partial charge >= 0.3 is 0 Å². The molecule has 0 radical (unpaired) electrons. The van der Waals surface area contributed by atoms with E-state index in [1.807, 2.05) is 24.3 Å². The van der Waals surface area contributed by atoms with Crippen molar-refractivity contribution in [2.75, 3.05) is 32.2 Å². The van der Waals surface area contributed by atoms with Crippen LogP contribution in [0.4, 0.5) is 11.4 Å². The van der Waals surface area contributed by atoms with Gasteiger partial charge in [0.25, 0.3) is 5.69 Å². The molecular formula is C16H17BrN2O4. The van der Waals surface area contributed by atoms with Gasteiger partial charge in [0.2, 0.25) is 0 Å². The second-order valence-corrected chi connectivity index (χ2v) is 5.73. The van der Waals surface area contributed by atoms with Gasteiger partial charge in [-0.1, -0.05) is 28.1 Å². The molecule has 0 unspecified atom stereocenters. The molecule has 0 aromatic heterocycles. The maximum Gasteiger partial charge on any atom is 0.293 e. The Morgan fingerprint density at radius 1 is 1.22 bits per heavy atom. The Bertz CT molecular complexity index is 694. The monoisotopic (exact) mass is 380 g/mol. The van der Waals surface area contributed by atoms with E-state index in [0.29, 0.717) is 34.8 Å². The van der Waals surface area contributed by atoms with E-state index in [1.165, 1.54) is 6.07 Å². The molecule has 0 atom stereocenters. The Balaban J connectivity index is 2.03. The number of anilines is 1. The van der Waals surface area contributed by atoms with Crippen molar-refractivity contribution in [3.8, 4) is 11.5 Å². The first kappa shape index (κ1) is 17.1. The maximum absolute atomic E-state index is 11.2. The molecule has 122 valence electrons. The Labute approximate surface area is 142 Å². The van der Waals surface area contributed by atoms with Gasteiger partial charge in [0.15, 0.2) is 11.5 Å². The molecule has 0 fully saturated rings. The molecule has 2 rings (SSSR count). The summed E-state index contributed by atoms with van der Waals surface area (Å²) in [6, 6.07) is 12.3. The molecule has 0 amide bonds. The lowest BCUT2D eigenvalue weighted by atomic mass is 10.2. The van der Waals surface area contributed by atoms with Crippen LogP contribution >= 0.6 is 15.9 Å². The number of nitrogens with zero attached hydrogens (tertiary/aromatic N) is 2. The zero-order valence-corrected chi connectivity index (χ0v) is 14.4. The summed E-state index contributed by atoms with van der Waals surface area (Å²) < 4.78 is 11.6. The first-order valence-corrected chi connectivity index (χ1v) is 7.73. The number of hydrogen-bond acceptors (Lipinski definition) is 5. The Kier molecular flexibility index (Phi) is 5.81. The molecule has 0 aliphatic carbocycles. The molecule has 0 heterocycles. The minimum atomic E-state index is -0.391. The summed E-state index contributed by atoms with van der Waals surface area (Å²) in [7, 11) is 3.38. The summed E-state index contributed by atoms with van der Waals surface area (Å²) in [6.07, 6.45) is 0. The van der Waals surface area contributed by atoms with Gasteiger partial charge in [0, 0.05) is 17.6 Å². The van der Waals surface area contributed by atoms with Crippen LogP contribution in [-0.4, -0.2) is 32.2 Å². The molecule has 0 bridgehead atoms. The summed E-state index contributed by atoms with van der Waals surface area (Å²) in [5.41, 5.74) is 0.598. The first-order chi connectivity index (χ1) is 11.0. The van der Waals surface area contributed by atoms with Crippen LogP contribution < -0.4 is 14.4 Å². The Morgan fingerprint density at radius 3 is 2.57 bits per heavy atom. The van der Waals surface area contributed by atoms with Crippen molar-refractivity contribution in [2.24, 2.45) is 0 Å². The molecule has 0 N–H and O–H groups in total. The molecule has 0 saturated carbocycles. The van der Waals surface area contributed by atoms with Crippen molar-refractivity contribution in [1.29, 1.82) is 0 Å². The number of halogens is 1. The van der Waals surface area contributed by atoms with Gasteiger partial charge in [0.05, 0.1) is 18.6 Å². The van der Waals surface area contributed by atoms with Crippen LogP contribution in [0.15, 0.2) is 46.9 Å². The summed E-state index contributed by atoms with van der Waals surface area (Å²) in [6.45, 7) is 0.880. The van der Waals surface area contributed by atoms with Crippen molar-refractivity contribution < 1.29 is 14.4 Å². The van der Waals surface area contributed by atoms with Crippen LogP contribution in [0.3, 0.4) is 0 Å². The first-order valence-electron chi connectivity index (χ1n) is 6.94. The summed E-state index contributed by atoms with van der Waals surface area (Å²) in [4.78, 5) is 12.6. The van der Waals surface area contributed by atoms with E-state index < -0.39 is 4.92 Å². The lowest BCUT2D eigenvalue weighted by Crippen LogP contribution is -2.24. The van der Waals surface area contributed by atoms with Crippen LogP contribution in [-0.2, 0) is 0 Å². The lowest BCUT2D eigenvalue weighted by Gasteiger charge is -2.20. The van der Waals surface area contributed by atoms with Gasteiger partial charge in [-0.05, 0) is 24.3 Å². The molecule has 2 aromatic rings. The summed E-state index contributed by atoms with van der Waals surface area (Å²) in [5.74, 6) is 1.30. The predicted octanol–water partition coefficient (Wildman–Crippen LogP) is 3.88. The van der Waals surface area contributed by atoms with Crippen molar-refractivity contribution in [2.45, 2.75) is 0 Å². The third-order valence-corrected chi connectivity index (χ3v) is 3.79. The molecule has 6 nitrogen and oxygen atoms in total. The van der Waals surface area contributed by atoms with Gasteiger partial charge < -0.3 is 14.4 Å². The highest BCUT2D eigenvalue weighted by Gasteiger charge is 2.17. The molecule has 0 aliphatic heterocycles. The number of ether oxygens (including phenoxy) is 2. The van der Waals surface area contributed by atoms with Crippen molar-refractivity contribution >= 4 is 27.3 Å². The Hall–Kier alpha value is -2.28. The quantitative estimate of drug-likeness (QED) is 0.538. The van der Waals surface area contributed by atoms with Crippen LogP contribution in [0.25, 0.3) is 0 Å². The van der Waals surface area contributed by atoms with Crippen molar-refractivity contribution in [3.05, 3.63) is 57.1 Å². The fourth-order valence-corrected chi connectivity index (χ4v) is 2.47. The van der Waals surface area contributed by atoms with Crippen LogP contribution in [0.1, 0.15) is 0 Å². The molecule has 0 spiro atoms. The molecule has 0 saturated heterocycles. The van der Waals surface area contributed by atoms with Gasteiger partial charge in [-0.3, -0.25) is 10.1 Å². The average molecular weight is 381 g/mol. The summed E-state index contributed by atoms with van der Waals surface area (Å²) in [5, 5.41) is 11.2. The molecular weight excluding hydrogens is 364 g/mol. The van der Waals surface area contributed by atoms with Gasteiger partial charge in [-0.2, -0.15) is 0 Å². The van der Waals surface area contributed by atoms with E-state index in [-0.39, 0.29) is 5.69 Å². The normalized spacial score (nSPS) is 10.2. The molecule has 7 heteroatoms. The third kappa shape index (κ3) is 4.35. The fourth-order valence-electron chi connectivity index (χ4n) is 2.12. The zero-order chi connectivity index (χ0) is 16.8. The number of para-hydroxylation sites is 2. The molecule has 23 heavy (non-hydrogen) atoms. The van der Waals surface area contributed by atoms with Crippen LogP contribution in [0.5, 0.6) is 11.5 Å². The van der Waals surface area contributed by atoms with Crippen molar-refractivity contribution in [1.82, 2.24) is 0 Å². The highest BCUT2D eigenvalue weighted by atomic mass is 79.9. The van der Waals surface area contributed by atoms with E-state index in [4.69, 9.17) is 9.47 Å². The number of methoxy groups -OCH3 is 1. The largest absolute Gasteiger partial charge is 0.493 e. The van der Waals surface area contributed by atoms with E-state index >= 15 is 0 Å². The third-order valence-electron chi connectivity index (χ3n) is 3.30. The maximum atomic E-state index is 11.2. The number of rotatable bonds is 7. The minimum absolute atomic E-state index is 0.0548. The topological polar surface area (TPSA) is 64.8 Å². The molecule has 0 aliphatic rings. The lowest BCUT2D eigenvalue weighted by molar-refractivity contribution is -0.384. The highest BCUT2D eigenvalue weighted by Crippen LogP contribution is 2.30. The Morgan fingerprint density at radius 2 is 1.91 bits per heavy atom. The number of likely N-dealkylation sites (N-methyl/N-ethyl adjacent to an activating group) is 1. The van der Waals surface area contributed by atoms with Gasteiger partial charge in [-0.15, -0.1) is 0 Å². The zero-order valence-electron chi connectivity index (χ0n) is 12.9. The number of benzene rings is 2. The second-order valence-electron chi connectivity index (χ2n) is 4.81. The SMILES string of the molecule is COc1ccccc1OCCN(C)c1ccc(Br)cc1[N+](=O)[O-]. The minimum Gasteiger partial charge on any atom is -0.493 e. The smallest absolute Gasteiger partial charge is 0.293 e. The van der Waals surface area contributed by atoms with Gasteiger partial charge in [0.1, 0.15) is 12.3 Å². The van der Waals surface area contributed by atoms with Gasteiger partial charge in [-0.25, -0.2) is 0 Å². The van der Waals surface area contributed by atoms with E-state index in [1.54, 1.807) is 31.2 Å². The summed E-state index contributed by atoms with van der Waals surface area (Å²) >= 11 is 3.25. The van der Waals surface area contributed by atoms with Crippen LogP contribution in [0, 0.1) is 10.1 Å². The average Bonchev–Trinajstić information content (AvgIpc) is 2.55. The standard InChI is InChI=1S/C16H17BrN2O4/c1-18(13-8-7-12(17)11-14(13)19(20)21)9-10-23-16-6-4-3-5-15(16)22-2/h3-8,11H,9-10H2,1-2H3. The van der Waals surface area contributed by atoms with Crippen LogP contribution in [0.2, 0.25) is 0 Å². The number of nitro groups is 1.